The van der Waals surface area contributed by atoms with Gasteiger partial charge in [-0.05, 0) is 30.2 Å². The van der Waals surface area contributed by atoms with E-state index in [2.05, 4.69) is 9.99 Å². The average molecular weight is 459 g/mol. The number of benzene rings is 1. The van der Waals surface area contributed by atoms with Gasteiger partial charge in [0, 0.05) is 0 Å². The maximum absolute atomic E-state index is 13.5. The van der Waals surface area contributed by atoms with Gasteiger partial charge in [0.25, 0.3) is 0 Å². The molecule has 0 bridgehead atoms. The van der Waals surface area contributed by atoms with Gasteiger partial charge in [-0.15, -0.1) is 11.3 Å². The Morgan fingerprint density at radius 2 is 1.93 bits per heavy atom. The number of nitrogens with zero attached hydrogens (tertiary/aromatic N) is 1. The van der Waals surface area contributed by atoms with Gasteiger partial charge in [0.2, 0.25) is 6.10 Å². The van der Waals surface area contributed by atoms with E-state index in [9.17, 15) is 23.1 Å². The van der Waals surface area contributed by atoms with E-state index >= 15 is 0 Å². The van der Waals surface area contributed by atoms with Crippen molar-refractivity contribution < 1.29 is 27.9 Å². The van der Waals surface area contributed by atoms with E-state index in [4.69, 9.17) is 34.8 Å². The third-order valence-electron chi connectivity index (χ3n) is 3.95. The Kier molecular flexibility index (Phi) is 5.37. The van der Waals surface area contributed by atoms with E-state index in [-0.39, 0.29) is 36.1 Å². The Morgan fingerprint density at radius 3 is 2.48 bits per heavy atom. The first kappa shape index (κ1) is 20.3. The van der Waals surface area contributed by atoms with Crippen LogP contribution in [-0.4, -0.2) is 29.1 Å². The first-order valence-corrected chi connectivity index (χ1v) is 9.25. The van der Waals surface area contributed by atoms with Crippen molar-refractivity contribution in [1.29, 1.82) is 0 Å². The summed E-state index contributed by atoms with van der Waals surface area (Å²) in [4.78, 5) is 16.2. The Morgan fingerprint density at radius 1 is 1.26 bits per heavy atom. The van der Waals surface area contributed by atoms with Crippen molar-refractivity contribution >= 4 is 57.8 Å². The van der Waals surface area contributed by atoms with Gasteiger partial charge in [-0.3, -0.25) is 0 Å². The zero-order valence-electron chi connectivity index (χ0n) is 13.3. The second-order valence-corrected chi connectivity index (χ2v) is 7.93. The number of thiophene rings is 1. The number of carboxylic acids is 1. The molecule has 0 fully saturated rings. The first-order valence-electron chi connectivity index (χ1n) is 7.30. The van der Waals surface area contributed by atoms with Crippen LogP contribution in [0.4, 0.5) is 13.2 Å². The highest BCUT2D eigenvalue weighted by molar-refractivity contribution is 7.16. The number of halogens is 6. The van der Waals surface area contributed by atoms with E-state index in [0.29, 0.717) is 5.56 Å². The molecule has 1 aromatic heterocycles. The second kappa shape index (κ2) is 7.16. The standard InChI is InChI=1S/C16H9Cl3F3NO3S/c1-5-4-8(27-13(5)15(24)25)12-9(14(26-23-12)16(20,21)22)6-2-3-7(17)11(19)10(6)18/h2-4,9,14H,1H3,(H,24,25)/t9-,14-/m0/s1. The summed E-state index contributed by atoms with van der Waals surface area (Å²) in [6.45, 7) is 1.54. The van der Waals surface area contributed by atoms with Crippen molar-refractivity contribution in [2.75, 3.05) is 0 Å². The van der Waals surface area contributed by atoms with E-state index < -0.39 is 24.2 Å². The molecule has 4 nitrogen and oxygen atoms in total. The predicted molar refractivity (Wildman–Crippen MR) is 97.7 cm³/mol. The minimum atomic E-state index is -4.74. The summed E-state index contributed by atoms with van der Waals surface area (Å²) in [7, 11) is 0. The monoisotopic (exact) mass is 457 g/mol. The summed E-state index contributed by atoms with van der Waals surface area (Å²) in [5.74, 6) is -2.60. The summed E-state index contributed by atoms with van der Waals surface area (Å²) in [6.07, 6.45) is -7.04. The van der Waals surface area contributed by atoms with Crippen LogP contribution in [0.15, 0.2) is 23.4 Å². The number of carbonyl (C=O) groups is 1. The molecule has 1 aliphatic rings. The van der Waals surface area contributed by atoms with Crippen molar-refractivity contribution in [3.63, 3.8) is 0 Å². The molecule has 0 amide bonds. The van der Waals surface area contributed by atoms with E-state index in [1.54, 1.807) is 6.92 Å². The van der Waals surface area contributed by atoms with Crippen LogP contribution in [0.25, 0.3) is 0 Å². The molecule has 0 aliphatic carbocycles. The summed E-state index contributed by atoms with van der Waals surface area (Å²) < 4.78 is 40.6. The third-order valence-corrected chi connectivity index (χ3v) is 6.50. The molecular formula is C16H9Cl3F3NO3S. The highest BCUT2D eigenvalue weighted by atomic mass is 35.5. The van der Waals surface area contributed by atoms with Crippen LogP contribution in [0.2, 0.25) is 15.1 Å². The minimum absolute atomic E-state index is 0.00199. The summed E-state index contributed by atoms with van der Waals surface area (Å²) >= 11 is 18.8. The molecule has 2 aromatic rings. The van der Waals surface area contributed by atoms with Crippen LogP contribution < -0.4 is 0 Å². The van der Waals surface area contributed by atoms with E-state index in [0.717, 1.165) is 11.3 Å². The molecule has 1 aromatic carbocycles. The fourth-order valence-corrected chi connectivity index (χ4v) is 4.43. The summed E-state index contributed by atoms with van der Waals surface area (Å²) in [5, 5.41) is 12.7. The van der Waals surface area contributed by atoms with Crippen LogP contribution in [0.5, 0.6) is 0 Å². The lowest BCUT2D eigenvalue weighted by molar-refractivity contribution is -0.216. The van der Waals surface area contributed by atoms with Gasteiger partial charge < -0.3 is 9.94 Å². The number of alkyl halides is 3. The Bertz CT molecular complexity index is 958. The fraction of sp³-hybridized carbons (Fsp3) is 0.250. The van der Waals surface area contributed by atoms with Gasteiger partial charge in [-0.2, -0.15) is 13.2 Å². The van der Waals surface area contributed by atoms with E-state index in [1.165, 1.54) is 18.2 Å². The molecule has 0 saturated heterocycles. The number of carboxylic acid groups (broad SMARTS) is 1. The molecule has 0 saturated carbocycles. The molecule has 11 heteroatoms. The number of oxime groups is 1. The zero-order chi connectivity index (χ0) is 20.1. The number of aromatic carboxylic acids is 1. The minimum Gasteiger partial charge on any atom is -0.477 e. The quantitative estimate of drug-likeness (QED) is 0.560. The first-order chi connectivity index (χ1) is 12.5. The molecule has 0 unspecified atom stereocenters. The van der Waals surface area contributed by atoms with Gasteiger partial charge in [0.1, 0.15) is 10.6 Å². The van der Waals surface area contributed by atoms with Gasteiger partial charge in [-0.1, -0.05) is 46.0 Å². The van der Waals surface area contributed by atoms with E-state index in [1.807, 2.05) is 0 Å². The predicted octanol–water partition coefficient (Wildman–Crippen LogP) is 6.16. The Hall–Kier alpha value is -1.48. The zero-order valence-corrected chi connectivity index (χ0v) is 16.4. The molecule has 2 atom stereocenters. The molecule has 144 valence electrons. The summed E-state index contributed by atoms with van der Waals surface area (Å²) in [5.41, 5.74) is 0.366. The maximum atomic E-state index is 13.5. The average Bonchev–Trinajstić information content (AvgIpc) is 3.16. The van der Waals surface area contributed by atoms with Crippen molar-refractivity contribution in [2.24, 2.45) is 5.16 Å². The van der Waals surface area contributed by atoms with Gasteiger partial charge in [0.05, 0.1) is 25.9 Å². The SMILES string of the molecule is Cc1cc(C2=NO[C@H](C(F)(F)F)[C@H]2c2ccc(Cl)c(Cl)c2Cl)sc1C(=O)O. The van der Waals surface area contributed by atoms with Crippen molar-refractivity contribution in [1.82, 2.24) is 0 Å². The van der Waals surface area contributed by atoms with Gasteiger partial charge in [-0.25, -0.2) is 4.79 Å². The number of aryl methyl sites for hydroxylation is 1. The van der Waals surface area contributed by atoms with Crippen molar-refractivity contribution in [2.45, 2.75) is 25.1 Å². The van der Waals surface area contributed by atoms with Crippen molar-refractivity contribution in [3.05, 3.63) is 54.1 Å². The smallest absolute Gasteiger partial charge is 0.429 e. The molecule has 3 rings (SSSR count). The van der Waals surface area contributed by atoms with Crippen LogP contribution in [-0.2, 0) is 4.84 Å². The lowest BCUT2D eigenvalue weighted by Gasteiger charge is -2.22. The Labute approximate surface area is 170 Å². The molecule has 2 heterocycles. The second-order valence-electron chi connectivity index (χ2n) is 5.71. The maximum Gasteiger partial charge on any atom is 0.429 e. The third kappa shape index (κ3) is 3.63. The number of rotatable bonds is 3. The summed E-state index contributed by atoms with van der Waals surface area (Å²) in [6, 6.07) is 4.10. The molecule has 1 N–H and O–H groups in total. The van der Waals surface area contributed by atoms with Gasteiger partial charge in [0.15, 0.2) is 0 Å². The highest BCUT2D eigenvalue weighted by Gasteiger charge is 2.54. The molecular weight excluding hydrogens is 450 g/mol. The van der Waals surface area contributed by atoms with Crippen LogP contribution >= 0.6 is 46.1 Å². The fourth-order valence-electron chi connectivity index (χ4n) is 2.73. The lowest BCUT2D eigenvalue weighted by atomic mass is 9.88. The molecule has 1 aliphatic heterocycles. The van der Waals surface area contributed by atoms with Crippen LogP contribution in [0.3, 0.4) is 0 Å². The normalized spacial score (nSPS) is 19.7. The highest BCUT2D eigenvalue weighted by Crippen LogP contribution is 2.46. The van der Waals surface area contributed by atoms with Crippen LogP contribution in [0.1, 0.15) is 31.6 Å². The van der Waals surface area contributed by atoms with Crippen molar-refractivity contribution in [3.8, 4) is 0 Å². The van der Waals surface area contributed by atoms with Gasteiger partial charge >= 0.3 is 12.1 Å². The topological polar surface area (TPSA) is 58.9 Å². The largest absolute Gasteiger partial charge is 0.477 e. The molecule has 0 spiro atoms. The number of hydrogen-bond donors (Lipinski definition) is 1. The lowest BCUT2D eigenvalue weighted by Crippen LogP contribution is -2.35. The Balaban J connectivity index is 2.15. The molecule has 27 heavy (non-hydrogen) atoms. The molecule has 0 radical (unpaired) electrons. The van der Waals surface area contributed by atoms with Crippen LogP contribution in [0, 0.1) is 6.92 Å². The number of hydrogen-bond acceptors (Lipinski definition) is 4.